The fourth-order valence-corrected chi connectivity index (χ4v) is 5.89. The standard InChI is InChI=1S/C32H29F3N6O6S/c1-18-13-24(45-3)14-19(2)28(18)41-27(43)16-48-30(41)38-26(42)15-25(37-31(44)46-4)20-5-7-21(8-6-20)29-36-17-40(39-29)22-9-11-23(12-10-22)47-32(33,34)35/h5-14,17,25H,15-16H2,1-4H3,(H,37,44). The number of carbonyl (C=O) groups is 3. The van der Waals surface area contributed by atoms with Crippen molar-refractivity contribution in [1.82, 2.24) is 20.1 Å². The van der Waals surface area contributed by atoms with Crippen LogP contribution in [0.25, 0.3) is 17.1 Å². The van der Waals surface area contributed by atoms with E-state index in [1.165, 1.54) is 47.3 Å². The maximum Gasteiger partial charge on any atom is 0.573 e. The zero-order valence-corrected chi connectivity index (χ0v) is 26.9. The molecule has 1 fully saturated rings. The summed E-state index contributed by atoms with van der Waals surface area (Å²) in [5, 5.41) is 7.29. The Hall–Kier alpha value is -5.38. The average Bonchev–Trinajstić information content (AvgIpc) is 3.67. The van der Waals surface area contributed by atoms with Crippen LogP contribution in [-0.2, 0) is 14.3 Å². The molecule has 3 aromatic carbocycles. The van der Waals surface area contributed by atoms with E-state index in [1.54, 1.807) is 43.5 Å². The van der Waals surface area contributed by atoms with E-state index in [0.29, 0.717) is 34.1 Å². The number of methoxy groups -OCH3 is 2. The predicted octanol–water partition coefficient (Wildman–Crippen LogP) is 5.91. The van der Waals surface area contributed by atoms with Gasteiger partial charge in [-0.25, -0.2) is 14.5 Å². The number of amides is 3. The molecule has 1 aliphatic rings. The number of thioether (sulfide) groups is 1. The summed E-state index contributed by atoms with van der Waals surface area (Å²) in [6.45, 7) is 3.68. The monoisotopic (exact) mass is 682 g/mol. The first-order valence-electron chi connectivity index (χ1n) is 14.3. The van der Waals surface area contributed by atoms with Crippen LogP contribution >= 0.6 is 11.8 Å². The van der Waals surface area contributed by atoms with E-state index in [4.69, 9.17) is 9.47 Å². The first kappa shape index (κ1) is 34.0. The number of alkyl halides is 3. The second-order valence-electron chi connectivity index (χ2n) is 10.5. The highest BCUT2D eigenvalue weighted by Crippen LogP contribution is 2.35. The van der Waals surface area contributed by atoms with Crippen molar-refractivity contribution < 1.29 is 41.8 Å². The molecule has 1 unspecified atom stereocenters. The first-order valence-corrected chi connectivity index (χ1v) is 15.3. The molecule has 3 amide bonds. The van der Waals surface area contributed by atoms with Gasteiger partial charge in [-0.1, -0.05) is 36.0 Å². The molecule has 0 aliphatic carbocycles. The number of rotatable bonds is 9. The lowest BCUT2D eigenvalue weighted by Gasteiger charge is -2.22. The molecule has 1 N–H and O–H groups in total. The number of nitrogens with one attached hydrogen (secondary N) is 1. The van der Waals surface area contributed by atoms with Crippen molar-refractivity contribution in [2.75, 3.05) is 24.9 Å². The quantitative estimate of drug-likeness (QED) is 0.229. The maximum absolute atomic E-state index is 13.3. The largest absolute Gasteiger partial charge is 0.573 e. The Balaban J connectivity index is 1.33. The van der Waals surface area contributed by atoms with Crippen molar-refractivity contribution in [2.24, 2.45) is 4.99 Å². The van der Waals surface area contributed by atoms with Gasteiger partial charge in [0.05, 0.1) is 43.8 Å². The predicted molar refractivity (Wildman–Crippen MR) is 171 cm³/mol. The number of aromatic nitrogens is 3. The molecule has 1 aliphatic heterocycles. The molecule has 48 heavy (non-hydrogen) atoms. The summed E-state index contributed by atoms with van der Waals surface area (Å²) < 4.78 is 52.8. The number of hydrogen-bond acceptors (Lipinski definition) is 9. The van der Waals surface area contributed by atoms with Crippen LogP contribution in [0, 0.1) is 13.8 Å². The number of aryl methyl sites for hydroxylation is 2. The zero-order chi connectivity index (χ0) is 34.6. The molecule has 1 aromatic heterocycles. The maximum atomic E-state index is 13.3. The van der Waals surface area contributed by atoms with Crippen molar-refractivity contribution in [3.8, 4) is 28.6 Å². The zero-order valence-electron chi connectivity index (χ0n) is 26.1. The number of anilines is 1. The lowest BCUT2D eigenvalue weighted by Crippen LogP contribution is -2.32. The summed E-state index contributed by atoms with van der Waals surface area (Å²) in [5.41, 5.74) is 3.80. The van der Waals surface area contributed by atoms with E-state index < -0.39 is 24.4 Å². The molecule has 0 radical (unpaired) electrons. The van der Waals surface area contributed by atoms with Crippen molar-refractivity contribution in [3.05, 3.63) is 83.7 Å². The van der Waals surface area contributed by atoms with Crippen LogP contribution in [0.3, 0.4) is 0 Å². The molecule has 0 spiro atoms. The number of nitrogens with zero attached hydrogens (tertiary/aromatic N) is 5. The Morgan fingerprint density at radius 1 is 1.02 bits per heavy atom. The molecular weight excluding hydrogens is 653 g/mol. The minimum atomic E-state index is -4.80. The molecule has 2 heterocycles. The molecule has 250 valence electrons. The second kappa shape index (κ2) is 14.2. The number of carbonyl (C=O) groups excluding carboxylic acids is 3. The van der Waals surface area contributed by atoms with Gasteiger partial charge in [-0.05, 0) is 66.9 Å². The SMILES string of the molecule is COC(=O)NC(CC(=O)N=C1SCC(=O)N1c1c(C)cc(OC)cc1C)c1ccc(-c2ncn(-c3ccc(OC(F)(F)F)cc3)n2)cc1. The highest BCUT2D eigenvalue weighted by Gasteiger charge is 2.33. The summed E-state index contributed by atoms with van der Waals surface area (Å²) in [7, 11) is 2.76. The summed E-state index contributed by atoms with van der Waals surface area (Å²) >= 11 is 1.15. The van der Waals surface area contributed by atoms with Crippen molar-refractivity contribution in [2.45, 2.75) is 32.7 Å². The molecule has 1 atom stereocenters. The van der Waals surface area contributed by atoms with E-state index in [-0.39, 0.29) is 29.0 Å². The lowest BCUT2D eigenvalue weighted by molar-refractivity contribution is -0.274. The van der Waals surface area contributed by atoms with Crippen LogP contribution in [0.4, 0.5) is 23.7 Å². The summed E-state index contributed by atoms with van der Waals surface area (Å²) in [4.78, 5) is 48.4. The fraction of sp³-hybridized carbons (Fsp3) is 0.250. The van der Waals surface area contributed by atoms with Gasteiger partial charge >= 0.3 is 12.5 Å². The van der Waals surface area contributed by atoms with Gasteiger partial charge in [0.15, 0.2) is 11.0 Å². The molecule has 0 saturated carbocycles. The van der Waals surface area contributed by atoms with Crippen LogP contribution in [0.15, 0.2) is 72.0 Å². The number of benzene rings is 3. The summed E-state index contributed by atoms with van der Waals surface area (Å²) in [5.74, 6) is -0.0710. The minimum absolute atomic E-state index is 0.115. The molecule has 4 aromatic rings. The number of alkyl carbamates (subject to hydrolysis) is 1. The van der Waals surface area contributed by atoms with Crippen LogP contribution in [-0.4, -0.2) is 64.2 Å². The molecule has 16 heteroatoms. The van der Waals surface area contributed by atoms with Crippen molar-refractivity contribution in [1.29, 1.82) is 0 Å². The van der Waals surface area contributed by atoms with Gasteiger partial charge in [-0.2, -0.15) is 4.99 Å². The second-order valence-corrected chi connectivity index (χ2v) is 11.4. The molecule has 5 rings (SSSR count). The van der Waals surface area contributed by atoms with E-state index in [2.05, 4.69) is 25.1 Å². The minimum Gasteiger partial charge on any atom is -0.497 e. The van der Waals surface area contributed by atoms with Crippen LogP contribution < -0.4 is 19.7 Å². The Morgan fingerprint density at radius 3 is 2.29 bits per heavy atom. The number of aliphatic imine (C=N–C) groups is 1. The normalized spacial score (nSPS) is 14.6. The number of hydrogen-bond donors (Lipinski definition) is 1. The van der Waals surface area contributed by atoms with Gasteiger partial charge in [0.2, 0.25) is 5.91 Å². The summed E-state index contributed by atoms with van der Waals surface area (Å²) in [6, 6.07) is 14.7. The third-order valence-electron chi connectivity index (χ3n) is 7.16. The number of ether oxygens (including phenoxy) is 3. The lowest BCUT2D eigenvalue weighted by atomic mass is 10.0. The topological polar surface area (TPSA) is 137 Å². The van der Waals surface area contributed by atoms with E-state index in [9.17, 15) is 27.6 Å². The number of halogens is 3. The first-order chi connectivity index (χ1) is 22.8. The van der Waals surface area contributed by atoms with Crippen molar-refractivity contribution >= 4 is 40.5 Å². The Labute approximate surface area is 276 Å². The van der Waals surface area contributed by atoms with E-state index in [0.717, 1.165) is 22.9 Å². The van der Waals surface area contributed by atoms with Crippen molar-refractivity contribution in [3.63, 3.8) is 0 Å². The van der Waals surface area contributed by atoms with Gasteiger partial charge in [0.25, 0.3) is 5.91 Å². The summed E-state index contributed by atoms with van der Waals surface area (Å²) in [6.07, 6.45) is -4.38. The molecule has 1 saturated heterocycles. The van der Waals surface area contributed by atoms with E-state index >= 15 is 0 Å². The molecule has 12 nitrogen and oxygen atoms in total. The van der Waals surface area contributed by atoms with Gasteiger partial charge in [-0.15, -0.1) is 18.3 Å². The number of amidine groups is 1. The van der Waals surface area contributed by atoms with Gasteiger partial charge in [-0.3, -0.25) is 14.5 Å². The highest BCUT2D eigenvalue weighted by atomic mass is 32.2. The third kappa shape index (κ3) is 7.94. The average molecular weight is 683 g/mol. The molecular formula is C32H29F3N6O6S. The van der Waals surface area contributed by atoms with Crippen LogP contribution in [0.1, 0.15) is 29.2 Å². The Morgan fingerprint density at radius 2 is 1.69 bits per heavy atom. The highest BCUT2D eigenvalue weighted by molar-refractivity contribution is 8.15. The Bertz CT molecular complexity index is 1840. The van der Waals surface area contributed by atoms with Crippen LogP contribution in [0.2, 0.25) is 0 Å². The molecule has 0 bridgehead atoms. The fourth-order valence-electron chi connectivity index (χ4n) is 5.02. The van der Waals surface area contributed by atoms with Gasteiger partial charge < -0.3 is 19.5 Å². The smallest absolute Gasteiger partial charge is 0.497 e. The van der Waals surface area contributed by atoms with Gasteiger partial charge in [0.1, 0.15) is 17.8 Å². The van der Waals surface area contributed by atoms with Gasteiger partial charge in [0, 0.05) is 5.56 Å². The Kier molecular flexibility index (Phi) is 10.0. The van der Waals surface area contributed by atoms with Crippen LogP contribution in [0.5, 0.6) is 11.5 Å². The third-order valence-corrected chi connectivity index (χ3v) is 8.09. The van der Waals surface area contributed by atoms with E-state index in [1.807, 2.05) is 13.8 Å².